The molecule has 0 unspecified atom stereocenters. The minimum Gasteiger partial charge on any atom is -0.475 e. The van der Waals surface area contributed by atoms with Crippen molar-refractivity contribution < 1.29 is 27.9 Å². The van der Waals surface area contributed by atoms with Gasteiger partial charge in [0.25, 0.3) is 5.91 Å². The zero-order valence-electron chi connectivity index (χ0n) is 17.5. The van der Waals surface area contributed by atoms with Crippen LogP contribution < -0.4 is 0 Å². The van der Waals surface area contributed by atoms with Crippen LogP contribution in [0.3, 0.4) is 0 Å². The van der Waals surface area contributed by atoms with Gasteiger partial charge in [-0.25, -0.2) is 4.79 Å². The van der Waals surface area contributed by atoms with Gasteiger partial charge in [-0.15, -0.1) is 0 Å². The molecule has 2 heterocycles. The maximum atomic E-state index is 12.8. The van der Waals surface area contributed by atoms with Crippen molar-refractivity contribution in [2.45, 2.75) is 39.7 Å². The molecule has 0 saturated heterocycles. The number of carbonyl (C=O) groups excluding carboxylic acids is 1. The van der Waals surface area contributed by atoms with E-state index in [0.29, 0.717) is 13.1 Å². The number of nitrogens with zero attached hydrogens (tertiary/aromatic N) is 4. The number of aryl methyl sites for hydroxylation is 3. The molecule has 0 radical (unpaired) electrons. The van der Waals surface area contributed by atoms with Crippen molar-refractivity contribution >= 4 is 11.9 Å². The van der Waals surface area contributed by atoms with Crippen molar-refractivity contribution in [1.82, 2.24) is 19.6 Å². The van der Waals surface area contributed by atoms with E-state index in [9.17, 15) is 18.0 Å². The molecule has 0 spiro atoms. The monoisotopic (exact) mass is 426 g/mol. The van der Waals surface area contributed by atoms with Gasteiger partial charge in [0.1, 0.15) is 0 Å². The predicted octanol–water partition coefficient (Wildman–Crippen LogP) is 2.89. The number of rotatable bonds is 3. The molecule has 0 fully saturated rings. The molecule has 0 atom stereocenters. The van der Waals surface area contributed by atoms with Crippen molar-refractivity contribution in [2.24, 2.45) is 7.05 Å². The summed E-state index contributed by atoms with van der Waals surface area (Å²) in [6.07, 6.45) is -5.08. The van der Waals surface area contributed by atoms with Gasteiger partial charge in [-0.3, -0.25) is 9.48 Å². The molecular weight excluding hydrogens is 401 g/mol. The van der Waals surface area contributed by atoms with Crippen LogP contribution in [0.15, 0.2) is 18.2 Å². The number of alkyl halides is 3. The van der Waals surface area contributed by atoms with E-state index in [1.807, 2.05) is 56.7 Å². The summed E-state index contributed by atoms with van der Waals surface area (Å²) in [5.74, 6) is -2.66. The van der Waals surface area contributed by atoms with E-state index < -0.39 is 12.1 Å². The molecule has 2 aromatic rings. The van der Waals surface area contributed by atoms with Crippen LogP contribution >= 0.6 is 0 Å². The number of carboxylic acids is 1. The van der Waals surface area contributed by atoms with E-state index in [1.54, 1.807) is 0 Å². The van der Waals surface area contributed by atoms with Gasteiger partial charge < -0.3 is 14.9 Å². The van der Waals surface area contributed by atoms with E-state index in [-0.39, 0.29) is 5.91 Å². The van der Waals surface area contributed by atoms with E-state index in [4.69, 9.17) is 9.90 Å². The first-order chi connectivity index (χ1) is 13.8. The summed E-state index contributed by atoms with van der Waals surface area (Å²) >= 11 is 0. The van der Waals surface area contributed by atoms with Crippen LogP contribution in [0.1, 0.15) is 38.4 Å². The minimum atomic E-state index is -5.08. The van der Waals surface area contributed by atoms with Gasteiger partial charge in [0, 0.05) is 24.7 Å². The van der Waals surface area contributed by atoms with Crippen molar-refractivity contribution in [1.29, 1.82) is 0 Å². The van der Waals surface area contributed by atoms with Gasteiger partial charge in [0.15, 0.2) is 0 Å². The number of halogens is 3. The molecule has 1 amide bonds. The number of carbonyl (C=O) groups is 2. The van der Waals surface area contributed by atoms with Gasteiger partial charge in [0.2, 0.25) is 0 Å². The van der Waals surface area contributed by atoms with Crippen LogP contribution in [0, 0.1) is 13.8 Å². The average molecular weight is 426 g/mol. The van der Waals surface area contributed by atoms with E-state index in [1.165, 1.54) is 5.56 Å². The summed E-state index contributed by atoms with van der Waals surface area (Å²) in [4.78, 5) is 25.8. The molecule has 1 aliphatic heterocycles. The maximum absolute atomic E-state index is 12.8. The Balaban J connectivity index is 0.000000396. The first-order valence-electron chi connectivity index (χ1n) is 9.15. The Bertz CT molecular complexity index is 931. The molecule has 7 nitrogen and oxygen atoms in total. The SMILES string of the molecule is Cc1cc(C)cc(C(=O)N2Cc3c(CN(C)C)nn(C)c3C2)c1.O=C(O)C(F)(F)F. The van der Waals surface area contributed by atoms with Crippen LogP contribution in [-0.2, 0) is 31.5 Å². The van der Waals surface area contributed by atoms with Crippen LogP contribution in [-0.4, -0.2) is 56.8 Å². The molecular formula is C20H25F3N4O3. The molecule has 1 aromatic carbocycles. The number of aliphatic carboxylic acids is 1. The predicted molar refractivity (Wildman–Crippen MR) is 104 cm³/mol. The molecule has 0 bridgehead atoms. The molecule has 10 heteroatoms. The highest BCUT2D eigenvalue weighted by atomic mass is 19.4. The second-order valence-electron chi connectivity index (χ2n) is 7.57. The third-order valence-corrected chi connectivity index (χ3v) is 4.51. The lowest BCUT2D eigenvalue weighted by Gasteiger charge is -2.17. The molecule has 1 aliphatic rings. The highest BCUT2D eigenvalue weighted by molar-refractivity contribution is 5.95. The van der Waals surface area contributed by atoms with E-state index in [2.05, 4.69) is 16.1 Å². The summed E-state index contributed by atoms with van der Waals surface area (Å²) in [6, 6.07) is 6.03. The van der Waals surface area contributed by atoms with Gasteiger partial charge in [-0.1, -0.05) is 17.2 Å². The van der Waals surface area contributed by atoms with Crippen molar-refractivity contribution in [3.63, 3.8) is 0 Å². The van der Waals surface area contributed by atoms with Crippen molar-refractivity contribution in [3.05, 3.63) is 51.8 Å². The molecule has 3 rings (SSSR count). The van der Waals surface area contributed by atoms with E-state index in [0.717, 1.165) is 34.6 Å². The lowest BCUT2D eigenvalue weighted by molar-refractivity contribution is -0.192. The summed E-state index contributed by atoms with van der Waals surface area (Å²) in [7, 11) is 6.03. The Labute approximate surface area is 172 Å². The first-order valence-corrected chi connectivity index (χ1v) is 9.15. The number of hydrogen-bond donors (Lipinski definition) is 1. The zero-order chi connectivity index (χ0) is 22.8. The Hall–Kier alpha value is -2.88. The largest absolute Gasteiger partial charge is 0.490 e. The zero-order valence-corrected chi connectivity index (χ0v) is 17.5. The minimum absolute atomic E-state index is 0.101. The van der Waals surface area contributed by atoms with Crippen molar-refractivity contribution in [2.75, 3.05) is 14.1 Å². The number of hydrogen-bond acceptors (Lipinski definition) is 4. The Kier molecular flexibility index (Phi) is 6.91. The highest BCUT2D eigenvalue weighted by Crippen LogP contribution is 2.27. The molecule has 164 valence electrons. The Morgan fingerprint density at radius 3 is 2.13 bits per heavy atom. The van der Waals surface area contributed by atoms with Gasteiger partial charge in [-0.05, 0) is 40.1 Å². The fourth-order valence-electron chi connectivity index (χ4n) is 3.32. The van der Waals surface area contributed by atoms with Gasteiger partial charge in [-0.2, -0.15) is 18.3 Å². The lowest BCUT2D eigenvalue weighted by Crippen LogP contribution is -2.26. The first kappa shape index (κ1) is 23.4. The van der Waals surface area contributed by atoms with Crippen molar-refractivity contribution in [3.8, 4) is 0 Å². The number of fused-ring (bicyclic) bond motifs is 1. The summed E-state index contributed by atoms with van der Waals surface area (Å²) in [5.41, 5.74) is 6.46. The average Bonchev–Trinajstić information content (AvgIpc) is 3.14. The fourth-order valence-corrected chi connectivity index (χ4v) is 3.32. The van der Waals surface area contributed by atoms with E-state index >= 15 is 0 Å². The number of aromatic nitrogens is 2. The normalized spacial score (nSPS) is 13.2. The summed E-state index contributed by atoms with van der Waals surface area (Å²) in [6.45, 7) is 6.15. The van der Waals surface area contributed by atoms with Gasteiger partial charge >= 0.3 is 12.1 Å². The molecule has 0 saturated carbocycles. The Morgan fingerprint density at radius 1 is 1.13 bits per heavy atom. The topological polar surface area (TPSA) is 78.7 Å². The Morgan fingerprint density at radius 2 is 1.67 bits per heavy atom. The summed E-state index contributed by atoms with van der Waals surface area (Å²) < 4.78 is 33.7. The number of carboxylic acid groups (broad SMARTS) is 1. The third-order valence-electron chi connectivity index (χ3n) is 4.51. The smallest absolute Gasteiger partial charge is 0.475 e. The fraction of sp³-hybridized carbons (Fsp3) is 0.450. The standard InChI is InChI=1S/C18H24N4O.C2HF3O2/c1-12-6-13(2)8-14(7-12)18(23)22-9-15-16(10-20(3)4)19-21(5)17(15)11-22;3-2(4,5)1(6)7/h6-8H,9-11H2,1-5H3;(H,6,7). The lowest BCUT2D eigenvalue weighted by atomic mass is 10.1. The second kappa shape index (κ2) is 8.86. The van der Waals surface area contributed by atoms with Crippen LogP contribution in [0.4, 0.5) is 13.2 Å². The molecule has 1 aromatic heterocycles. The number of benzene rings is 1. The molecule has 0 aliphatic carbocycles. The van der Waals surface area contributed by atoms with Crippen LogP contribution in [0.2, 0.25) is 0 Å². The second-order valence-corrected chi connectivity index (χ2v) is 7.57. The molecule has 30 heavy (non-hydrogen) atoms. The van der Waals surface area contributed by atoms with Crippen LogP contribution in [0.5, 0.6) is 0 Å². The highest BCUT2D eigenvalue weighted by Gasteiger charge is 2.38. The van der Waals surface area contributed by atoms with Gasteiger partial charge in [0.05, 0.1) is 24.5 Å². The summed E-state index contributed by atoms with van der Waals surface area (Å²) in [5, 5.41) is 11.7. The maximum Gasteiger partial charge on any atom is 0.490 e. The number of amides is 1. The van der Waals surface area contributed by atoms with Crippen LogP contribution in [0.25, 0.3) is 0 Å². The molecule has 1 N–H and O–H groups in total. The quantitative estimate of drug-likeness (QED) is 0.817. The third kappa shape index (κ3) is 5.59.